The van der Waals surface area contributed by atoms with Crippen LogP contribution in [0.5, 0.6) is 0 Å². The third-order valence-corrected chi connectivity index (χ3v) is 3.56. The Labute approximate surface area is 114 Å². The first-order valence-electron chi connectivity index (χ1n) is 6.57. The summed E-state index contributed by atoms with van der Waals surface area (Å²) in [6, 6.07) is 8.27. The molecule has 0 aliphatic carbocycles. The number of nitrogens with zero attached hydrogens (tertiary/aromatic N) is 2. The molecule has 0 spiro atoms. The van der Waals surface area contributed by atoms with E-state index in [1.54, 1.807) is 0 Å². The molecule has 0 fully saturated rings. The van der Waals surface area contributed by atoms with E-state index in [1.165, 1.54) is 11.1 Å². The Kier molecular flexibility index (Phi) is 3.71. The highest BCUT2D eigenvalue weighted by Crippen LogP contribution is 2.25. The molecule has 0 saturated heterocycles. The molecule has 0 aliphatic heterocycles. The van der Waals surface area contributed by atoms with Crippen molar-refractivity contribution in [3.8, 4) is 0 Å². The van der Waals surface area contributed by atoms with Gasteiger partial charge in [0.05, 0.1) is 12.0 Å². The smallest absolute Gasteiger partial charge is 0.236 e. The second-order valence-electron chi connectivity index (χ2n) is 5.60. The van der Waals surface area contributed by atoms with Gasteiger partial charge in [-0.3, -0.25) is 0 Å². The van der Waals surface area contributed by atoms with Crippen molar-refractivity contribution < 1.29 is 4.42 Å². The summed E-state index contributed by atoms with van der Waals surface area (Å²) in [6.45, 7) is 8.08. The molecule has 0 radical (unpaired) electrons. The van der Waals surface area contributed by atoms with Crippen LogP contribution in [0.1, 0.15) is 43.7 Å². The van der Waals surface area contributed by atoms with Crippen molar-refractivity contribution in [2.24, 2.45) is 11.7 Å². The number of aryl methyl sites for hydroxylation is 1. The van der Waals surface area contributed by atoms with Gasteiger partial charge in [-0.15, -0.1) is 10.2 Å². The largest absolute Gasteiger partial charge is 0.423 e. The maximum Gasteiger partial charge on any atom is 0.236 e. The number of hydrogen-bond acceptors (Lipinski definition) is 4. The Bertz CT molecular complexity index is 558. The lowest BCUT2D eigenvalue weighted by atomic mass is 9.90. The van der Waals surface area contributed by atoms with E-state index in [1.807, 2.05) is 26.8 Å². The Hall–Kier alpha value is -1.68. The van der Waals surface area contributed by atoms with Crippen LogP contribution in [-0.4, -0.2) is 10.2 Å². The van der Waals surface area contributed by atoms with Gasteiger partial charge in [-0.2, -0.15) is 0 Å². The van der Waals surface area contributed by atoms with E-state index in [0.29, 0.717) is 18.2 Å². The molecule has 2 aromatic rings. The highest BCUT2D eigenvalue weighted by atomic mass is 16.4. The first-order chi connectivity index (χ1) is 8.89. The monoisotopic (exact) mass is 259 g/mol. The van der Waals surface area contributed by atoms with Crippen molar-refractivity contribution in [3.63, 3.8) is 0 Å². The lowest BCUT2D eigenvalue weighted by molar-refractivity contribution is 0.266. The summed E-state index contributed by atoms with van der Waals surface area (Å²) in [5.74, 6) is 1.35. The van der Waals surface area contributed by atoms with Gasteiger partial charge in [-0.1, -0.05) is 43.7 Å². The van der Waals surface area contributed by atoms with E-state index < -0.39 is 5.54 Å². The zero-order valence-electron chi connectivity index (χ0n) is 12.0. The van der Waals surface area contributed by atoms with Gasteiger partial charge in [0, 0.05) is 0 Å². The van der Waals surface area contributed by atoms with Crippen LogP contribution in [0.2, 0.25) is 0 Å². The van der Waals surface area contributed by atoms with E-state index in [-0.39, 0.29) is 5.92 Å². The van der Waals surface area contributed by atoms with Crippen LogP contribution in [0.3, 0.4) is 0 Å². The molecule has 0 amide bonds. The summed E-state index contributed by atoms with van der Waals surface area (Å²) in [5.41, 5.74) is 8.02. The maximum absolute atomic E-state index is 6.22. The molecule has 102 valence electrons. The summed E-state index contributed by atoms with van der Waals surface area (Å²) in [7, 11) is 0. The van der Waals surface area contributed by atoms with E-state index in [2.05, 4.69) is 35.3 Å². The number of hydrogen-bond donors (Lipinski definition) is 1. The SMILES string of the molecule is Cc1cccc(Cc2nnc([C@@](C)(N)C(C)C)o2)c1. The highest BCUT2D eigenvalue weighted by molar-refractivity contribution is 5.24. The summed E-state index contributed by atoms with van der Waals surface area (Å²) in [4.78, 5) is 0. The molecule has 1 heterocycles. The quantitative estimate of drug-likeness (QED) is 0.917. The number of benzene rings is 1. The lowest BCUT2D eigenvalue weighted by Gasteiger charge is -2.24. The molecule has 4 heteroatoms. The van der Waals surface area contributed by atoms with Crippen molar-refractivity contribution in [2.75, 3.05) is 0 Å². The fourth-order valence-electron chi connectivity index (χ4n) is 1.79. The fraction of sp³-hybridized carbons (Fsp3) is 0.467. The molecule has 2 rings (SSSR count). The summed E-state index contributed by atoms with van der Waals surface area (Å²) < 4.78 is 5.71. The minimum atomic E-state index is -0.585. The third kappa shape index (κ3) is 3.01. The predicted molar refractivity (Wildman–Crippen MR) is 74.7 cm³/mol. The predicted octanol–water partition coefficient (Wildman–Crippen LogP) is 2.80. The summed E-state index contributed by atoms with van der Waals surface area (Å²) in [5, 5.41) is 8.18. The molecule has 0 aliphatic rings. The Balaban J connectivity index is 2.18. The Morgan fingerprint density at radius 1 is 1.32 bits per heavy atom. The van der Waals surface area contributed by atoms with Crippen molar-refractivity contribution in [1.29, 1.82) is 0 Å². The topological polar surface area (TPSA) is 64.9 Å². The fourth-order valence-corrected chi connectivity index (χ4v) is 1.79. The molecule has 0 unspecified atom stereocenters. The zero-order chi connectivity index (χ0) is 14.0. The maximum atomic E-state index is 6.22. The van der Waals surface area contributed by atoms with Gasteiger partial charge in [0.1, 0.15) is 0 Å². The van der Waals surface area contributed by atoms with Crippen molar-refractivity contribution in [2.45, 2.75) is 39.7 Å². The molecule has 2 N–H and O–H groups in total. The zero-order valence-corrected chi connectivity index (χ0v) is 12.0. The standard InChI is InChI=1S/C15H21N3O/c1-10(2)15(4,16)14-18-17-13(19-14)9-12-7-5-6-11(3)8-12/h5-8,10H,9,16H2,1-4H3/t15-/m0/s1. The van der Waals surface area contributed by atoms with Crippen molar-refractivity contribution in [3.05, 3.63) is 47.2 Å². The van der Waals surface area contributed by atoms with Gasteiger partial charge in [-0.05, 0) is 25.3 Å². The third-order valence-electron chi connectivity index (χ3n) is 3.56. The second-order valence-corrected chi connectivity index (χ2v) is 5.60. The van der Waals surface area contributed by atoms with Gasteiger partial charge >= 0.3 is 0 Å². The molecule has 0 bridgehead atoms. The molecule has 4 nitrogen and oxygen atoms in total. The minimum Gasteiger partial charge on any atom is -0.423 e. The first-order valence-corrected chi connectivity index (χ1v) is 6.57. The van der Waals surface area contributed by atoms with Crippen LogP contribution in [0.4, 0.5) is 0 Å². The molecule has 1 aromatic carbocycles. The Morgan fingerprint density at radius 2 is 2.05 bits per heavy atom. The minimum absolute atomic E-state index is 0.236. The van der Waals surface area contributed by atoms with Crippen LogP contribution in [0.25, 0.3) is 0 Å². The average Bonchev–Trinajstić information content (AvgIpc) is 2.78. The van der Waals surface area contributed by atoms with Crippen LogP contribution < -0.4 is 5.73 Å². The lowest BCUT2D eigenvalue weighted by Crippen LogP contribution is -2.38. The Morgan fingerprint density at radius 3 is 2.68 bits per heavy atom. The summed E-state index contributed by atoms with van der Waals surface area (Å²) >= 11 is 0. The highest BCUT2D eigenvalue weighted by Gasteiger charge is 2.31. The van der Waals surface area contributed by atoms with E-state index in [0.717, 1.165) is 0 Å². The normalized spacial score (nSPS) is 14.6. The molecule has 19 heavy (non-hydrogen) atoms. The van der Waals surface area contributed by atoms with Gasteiger partial charge < -0.3 is 10.2 Å². The van der Waals surface area contributed by atoms with Crippen molar-refractivity contribution in [1.82, 2.24) is 10.2 Å². The van der Waals surface area contributed by atoms with E-state index >= 15 is 0 Å². The number of aromatic nitrogens is 2. The van der Waals surface area contributed by atoms with Crippen LogP contribution >= 0.6 is 0 Å². The van der Waals surface area contributed by atoms with Crippen LogP contribution in [-0.2, 0) is 12.0 Å². The summed E-state index contributed by atoms with van der Waals surface area (Å²) in [6.07, 6.45) is 0.642. The molecular formula is C15H21N3O. The first kappa shape index (κ1) is 13.7. The second kappa shape index (κ2) is 5.13. The van der Waals surface area contributed by atoms with E-state index in [4.69, 9.17) is 10.2 Å². The number of rotatable bonds is 4. The van der Waals surface area contributed by atoms with Crippen LogP contribution in [0.15, 0.2) is 28.7 Å². The molecule has 1 aromatic heterocycles. The van der Waals surface area contributed by atoms with E-state index in [9.17, 15) is 0 Å². The van der Waals surface area contributed by atoms with Gasteiger partial charge in [-0.25, -0.2) is 0 Å². The van der Waals surface area contributed by atoms with Gasteiger partial charge in [0.15, 0.2) is 0 Å². The molecule has 0 saturated carbocycles. The number of nitrogens with two attached hydrogens (primary N) is 1. The van der Waals surface area contributed by atoms with Gasteiger partial charge in [0.25, 0.3) is 0 Å². The van der Waals surface area contributed by atoms with Crippen LogP contribution in [0, 0.1) is 12.8 Å². The average molecular weight is 259 g/mol. The molecule has 1 atom stereocenters. The molecular weight excluding hydrogens is 238 g/mol. The van der Waals surface area contributed by atoms with Gasteiger partial charge in [0.2, 0.25) is 11.8 Å². The van der Waals surface area contributed by atoms with Crippen molar-refractivity contribution >= 4 is 0 Å².